The van der Waals surface area contributed by atoms with E-state index in [0.717, 1.165) is 5.56 Å². The number of rotatable bonds is 1. The molecule has 1 aromatic carbocycles. The second kappa shape index (κ2) is 3.49. The van der Waals surface area contributed by atoms with Crippen molar-refractivity contribution in [3.05, 3.63) is 35.9 Å². The molecule has 14 heavy (non-hydrogen) atoms. The van der Waals surface area contributed by atoms with E-state index in [9.17, 15) is 9.59 Å². The molecule has 0 spiro atoms. The summed E-state index contributed by atoms with van der Waals surface area (Å²) in [6, 6.07) is 9.44. The first-order valence-corrected chi connectivity index (χ1v) is 4.41. The SMILES string of the molecule is O=C1NC[C@@H](c2ccccc2)NC1=O. The molecular formula is C10H10N2O2. The lowest BCUT2D eigenvalue weighted by molar-refractivity contribution is -0.141. The molecule has 2 N–H and O–H groups in total. The topological polar surface area (TPSA) is 58.2 Å². The van der Waals surface area contributed by atoms with Crippen LogP contribution in [0.5, 0.6) is 0 Å². The van der Waals surface area contributed by atoms with Crippen LogP contribution in [0.15, 0.2) is 30.3 Å². The summed E-state index contributed by atoms with van der Waals surface area (Å²) in [5, 5.41) is 5.16. The summed E-state index contributed by atoms with van der Waals surface area (Å²) in [5.41, 5.74) is 1.00. The Morgan fingerprint density at radius 1 is 1.07 bits per heavy atom. The zero-order valence-corrected chi connectivity index (χ0v) is 7.49. The van der Waals surface area contributed by atoms with Gasteiger partial charge in [0.2, 0.25) is 0 Å². The van der Waals surface area contributed by atoms with Crippen LogP contribution >= 0.6 is 0 Å². The van der Waals surface area contributed by atoms with E-state index in [2.05, 4.69) is 10.6 Å². The predicted octanol–water partition coefficient (Wildman–Crippen LogP) is -0.0263. The number of benzene rings is 1. The zero-order valence-electron chi connectivity index (χ0n) is 7.49. The van der Waals surface area contributed by atoms with Crippen molar-refractivity contribution in [2.45, 2.75) is 6.04 Å². The molecule has 0 bridgehead atoms. The first kappa shape index (κ1) is 8.74. The molecule has 1 fully saturated rings. The molecule has 1 aliphatic heterocycles. The molecule has 2 rings (SSSR count). The number of piperazine rings is 1. The highest BCUT2D eigenvalue weighted by Crippen LogP contribution is 2.12. The van der Waals surface area contributed by atoms with E-state index in [4.69, 9.17) is 0 Å². The predicted molar refractivity (Wildman–Crippen MR) is 50.3 cm³/mol. The second-order valence-corrected chi connectivity index (χ2v) is 3.15. The van der Waals surface area contributed by atoms with E-state index in [0.29, 0.717) is 6.54 Å². The first-order chi connectivity index (χ1) is 6.77. The molecule has 0 radical (unpaired) electrons. The lowest BCUT2D eigenvalue weighted by Gasteiger charge is -2.23. The maximum absolute atomic E-state index is 11.1. The van der Waals surface area contributed by atoms with Gasteiger partial charge in [-0.2, -0.15) is 0 Å². The molecule has 1 aliphatic rings. The van der Waals surface area contributed by atoms with E-state index >= 15 is 0 Å². The number of hydrogen-bond donors (Lipinski definition) is 2. The van der Waals surface area contributed by atoms with Crippen molar-refractivity contribution in [1.29, 1.82) is 0 Å². The molecule has 4 nitrogen and oxygen atoms in total. The molecule has 1 aromatic rings. The molecule has 0 aliphatic carbocycles. The van der Waals surface area contributed by atoms with Crippen molar-refractivity contribution in [1.82, 2.24) is 10.6 Å². The summed E-state index contributed by atoms with van der Waals surface area (Å²) in [4.78, 5) is 21.9. The third-order valence-corrected chi connectivity index (χ3v) is 2.18. The van der Waals surface area contributed by atoms with Crippen molar-refractivity contribution in [2.75, 3.05) is 6.54 Å². The van der Waals surface area contributed by atoms with Gasteiger partial charge in [0, 0.05) is 6.54 Å². The molecule has 72 valence electrons. The lowest BCUT2D eigenvalue weighted by Crippen LogP contribution is -2.51. The van der Waals surface area contributed by atoms with Crippen LogP contribution in [0, 0.1) is 0 Å². The highest BCUT2D eigenvalue weighted by atomic mass is 16.2. The number of hydrogen-bond acceptors (Lipinski definition) is 2. The van der Waals surface area contributed by atoms with Gasteiger partial charge in [-0.3, -0.25) is 9.59 Å². The summed E-state index contributed by atoms with van der Waals surface area (Å²) in [6.45, 7) is 0.453. The zero-order chi connectivity index (χ0) is 9.97. The van der Waals surface area contributed by atoms with Gasteiger partial charge in [-0.25, -0.2) is 0 Å². The first-order valence-electron chi connectivity index (χ1n) is 4.41. The largest absolute Gasteiger partial charge is 0.345 e. The van der Waals surface area contributed by atoms with Gasteiger partial charge in [-0.15, -0.1) is 0 Å². The van der Waals surface area contributed by atoms with Gasteiger partial charge in [-0.05, 0) is 5.56 Å². The third-order valence-electron chi connectivity index (χ3n) is 2.18. The Morgan fingerprint density at radius 2 is 1.79 bits per heavy atom. The molecule has 1 heterocycles. The summed E-state index contributed by atoms with van der Waals surface area (Å²) in [7, 11) is 0. The van der Waals surface area contributed by atoms with Gasteiger partial charge in [0.15, 0.2) is 0 Å². The van der Waals surface area contributed by atoms with Crippen LogP contribution in [-0.2, 0) is 9.59 Å². The Labute approximate surface area is 81.3 Å². The van der Waals surface area contributed by atoms with Crippen molar-refractivity contribution in [2.24, 2.45) is 0 Å². The van der Waals surface area contributed by atoms with Crippen LogP contribution in [0.4, 0.5) is 0 Å². The maximum Gasteiger partial charge on any atom is 0.309 e. The van der Waals surface area contributed by atoms with Gasteiger partial charge in [0.25, 0.3) is 0 Å². The lowest BCUT2D eigenvalue weighted by atomic mass is 10.1. The molecule has 0 saturated carbocycles. The normalized spacial score (nSPS) is 21.3. The fourth-order valence-corrected chi connectivity index (χ4v) is 1.44. The van der Waals surface area contributed by atoms with Gasteiger partial charge in [0.1, 0.15) is 0 Å². The van der Waals surface area contributed by atoms with Crippen LogP contribution in [-0.4, -0.2) is 18.4 Å². The van der Waals surface area contributed by atoms with Crippen LogP contribution in [0.25, 0.3) is 0 Å². The van der Waals surface area contributed by atoms with Gasteiger partial charge < -0.3 is 10.6 Å². The quantitative estimate of drug-likeness (QED) is 0.611. The fraction of sp³-hybridized carbons (Fsp3) is 0.200. The minimum Gasteiger partial charge on any atom is -0.345 e. The Kier molecular flexibility index (Phi) is 2.18. The van der Waals surface area contributed by atoms with Crippen molar-refractivity contribution < 1.29 is 9.59 Å². The average molecular weight is 190 g/mol. The van der Waals surface area contributed by atoms with E-state index in [1.54, 1.807) is 0 Å². The average Bonchev–Trinajstić information content (AvgIpc) is 2.23. The van der Waals surface area contributed by atoms with Gasteiger partial charge >= 0.3 is 11.8 Å². The Bertz CT molecular complexity index is 362. The minimum absolute atomic E-state index is 0.110. The van der Waals surface area contributed by atoms with Crippen molar-refractivity contribution >= 4 is 11.8 Å². The molecule has 2 amide bonds. The standard InChI is InChI=1S/C10H10N2O2/c13-9-10(14)12-8(6-11-9)7-4-2-1-3-5-7/h1-5,8H,6H2,(H,11,13)(H,12,14)/t8-/m0/s1. The molecule has 0 unspecified atom stereocenters. The van der Waals surface area contributed by atoms with E-state index in [-0.39, 0.29) is 6.04 Å². The number of carbonyl (C=O) groups excluding carboxylic acids is 2. The minimum atomic E-state index is -0.565. The third kappa shape index (κ3) is 1.59. The Balaban J connectivity index is 2.14. The number of amides is 2. The van der Waals surface area contributed by atoms with E-state index < -0.39 is 11.8 Å². The molecule has 0 aromatic heterocycles. The van der Waals surface area contributed by atoms with Gasteiger partial charge in [-0.1, -0.05) is 30.3 Å². The monoisotopic (exact) mass is 190 g/mol. The van der Waals surface area contributed by atoms with Crippen molar-refractivity contribution in [3.8, 4) is 0 Å². The number of nitrogens with one attached hydrogen (secondary N) is 2. The van der Waals surface area contributed by atoms with Crippen LogP contribution < -0.4 is 10.6 Å². The highest BCUT2D eigenvalue weighted by Gasteiger charge is 2.25. The Morgan fingerprint density at radius 3 is 2.43 bits per heavy atom. The summed E-state index contributed by atoms with van der Waals surface area (Å²) < 4.78 is 0. The van der Waals surface area contributed by atoms with Crippen LogP contribution in [0.1, 0.15) is 11.6 Å². The molecule has 1 saturated heterocycles. The second-order valence-electron chi connectivity index (χ2n) is 3.15. The smallest absolute Gasteiger partial charge is 0.309 e. The number of carbonyl (C=O) groups is 2. The van der Waals surface area contributed by atoms with Crippen LogP contribution in [0.3, 0.4) is 0 Å². The summed E-state index contributed by atoms with van der Waals surface area (Å²) in [6.07, 6.45) is 0. The van der Waals surface area contributed by atoms with E-state index in [1.165, 1.54) is 0 Å². The highest BCUT2D eigenvalue weighted by molar-refractivity contribution is 6.35. The molecular weight excluding hydrogens is 180 g/mol. The summed E-state index contributed by atoms with van der Waals surface area (Å²) in [5.74, 6) is -1.12. The van der Waals surface area contributed by atoms with Crippen LogP contribution in [0.2, 0.25) is 0 Å². The van der Waals surface area contributed by atoms with E-state index in [1.807, 2.05) is 30.3 Å². The fourth-order valence-electron chi connectivity index (χ4n) is 1.44. The molecule has 4 heteroatoms. The van der Waals surface area contributed by atoms with Gasteiger partial charge in [0.05, 0.1) is 6.04 Å². The summed E-state index contributed by atoms with van der Waals surface area (Å²) >= 11 is 0. The Hall–Kier alpha value is -1.84. The molecule has 1 atom stereocenters. The van der Waals surface area contributed by atoms with Crippen molar-refractivity contribution in [3.63, 3.8) is 0 Å². The maximum atomic E-state index is 11.1.